The third-order valence-electron chi connectivity index (χ3n) is 5.56. The van der Waals surface area contributed by atoms with Gasteiger partial charge in [0.2, 0.25) is 11.9 Å². The Morgan fingerprint density at radius 1 is 1.03 bits per heavy atom. The van der Waals surface area contributed by atoms with E-state index in [2.05, 4.69) is 43.0 Å². The lowest BCUT2D eigenvalue weighted by Gasteiger charge is -2.28. The second kappa shape index (κ2) is 11.4. The summed E-state index contributed by atoms with van der Waals surface area (Å²) in [6, 6.07) is 16.4. The number of carboxylic acids is 1. The molecule has 1 aliphatic rings. The molecule has 1 atom stereocenters. The summed E-state index contributed by atoms with van der Waals surface area (Å²) in [5.41, 5.74) is 4.27. The maximum atomic E-state index is 12.0. The fourth-order valence-electron chi connectivity index (χ4n) is 3.55. The Balaban J connectivity index is 1.35. The maximum absolute atomic E-state index is 12.0. The number of ether oxygens (including phenoxy) is 1. The van der Waals surface area contributed by atoms with E-state index in [1.807, 2.05) is 30.3 Å². The van der Waals surface area contributed by atoms with E-state index < -0.39 is 12.0 Å². The van der Waals surface area contributed by atoms with Gasteiger partial charge in [-0.05, 0) is 49.4 Å². The van der Waals surface area contributed by atoms with E-state index in [-0.39, 0.29) is 12.5 Å². The highest BCUT2D eigenvalue weighted by Crippen LogP contribution is 2.23. The molecule has 10 nitrogen and oxygen atoms in total. The van der Waals surface area contributed by atoms with Crippen LogP contribution in [0.5, 0.6) is 0 Å². The van der Waals surface area contributed by atoms with Crippen molar-refractivity contribution >= 4 is 34.9 Å². The molecule has 10 heteroatoms. The van der Waals surface area contributed by atoms with Crippen LogP contribution in [0.1, 0.15) is 6.92 Å². The van der Waals surface area contributed by atoms with Crippen molar-refractivity contribution in [2.45, 2.75) is 13.0 Å². The van der Waals surface area contributed by atoms with E-state index >= 15 is 0 Å². The van der Waals surface area contributed by atoms with Gasteiger partial charge >= 0.3 is 5.97 Å². The second-order valence-electron chi connectivity index (χ2n) is 8.10. The molecule has 182 valence electrons. The molecule has 4 N–H and O–H groups in total. The minimum atomic E-state index is -1.01. The van der Waals surface area contributed by atoms with Crippen molar-refractivity contribution in [3.63, 3.8) is 0 Å². The van der Waals surface area contributed by atoms with Gasteiger partial charge in [-0.1, -0.05) is 12.1 Å². The van der Waals surface area contributed by atoms with Gasteiger partial charge in [0.05, 0.1) is 25.5 Å². The minimum Gasteiger partial charge on any atom is -0.480 e. The molecule has 0 bridgehead atoms. The molecule has 35 heavy (non-hydrogen) atoms. The molecule has 2 heterocycles. The number of aromatic nitrogens is 2. The first-order valence-corrected chi connectivity index (χ1v) is 11.4. The van der Waals surface area contributed by atoms with E-state index in [4.69, 9.17) is 9.84 Å². The fraction of sp³-hybridized carbons (Fsp3) is 0.280. The number of nitrogens with one attached hydrogen (secondary N) is 3. The predicted molar refractivity (Wildman–Crippen MR) is 134 cm³/mol. The first kappa shape index (κ1) is 24.1. The van der Waals surface area contributed by atoms with Crippen LogP contribution in [0.2, 0.25) is 0 Å². The molecular formula is C25H28N6O4. The number of rotatable bonds is 9. The lowest BCUT2D eigenvalue weighted by Crippen LogP contribution is -2.39. The number of carboxylic acid groups (broad SMARTS) is 1. The summed E-state index contributed by atoms with van der Waals surface area (Å²) in [4.78, 5) is 34.1. The number of amides is 1. The molecule has 1 aliphatic heterocycles. The summed E-state index contributed by atoms with van der Waals surface area (Å²) in [6.07, 6.45) is 1.69. The summed E-state index contributed by atoms with van der Waals surface area (Å²) >= 11 is 0. The number of nitrogens with zero attached hydrogens (tertiary/aromatic N) is 3. The highest BCUT2D eigenvalue weighted by atomic mass is 16.5. The summed E-state index contributed by atoms with van der Waals surface area (Å²) < 4.78 is 5.41. The summed E-state index contributed by atoms with van der Waals surface area (Å²) in [5.74, 6) is -0.845. The topological polar surface area (TPSA) is 129 Å². The number of anilines is 4. The Hall–Kier alpha value is -4.02. The third-order valence-corrected chi connectivity index (χ3v) is 5.56. The van der Waals surface area contributed by atoms with Crippen LogP contribution in [0.4, 0.5) is 23.0 Å². The number of morpholine rings is 1. The van der Waals surface area contributed by atoms with Crippen LogP contribution in [0.3, 0.4) is 0 Å². The minimum absolute atomic E-state index is 0.0937. The Morgan fingerprint density at radius 3 is 2.40 bits per heavy atom. The molecule has 1 saturated heterocycles. The van der Waals surface area contributed by atoms with Crippen LogP contribution in [0.15, 0.2) is 60.8 Å². The van der Waals surface area contributed by atoms with E-state index in [0.29, 0.717) is 11.6 Å². The molecule has 2 aromatic carbocycles. The van der Waals surface area contributed by atoms with Crippen molar-refractivity contribution in [3.05, 3.63) is 60.8 Å². The van der Waals surface area contributed by atoms with Crippen LogP contribution in [0, 0.1) is 0 Å². The Bertz CT molecular complexity index is 1150. The quantitative estimate of drug-likeness (QED) is 0.368. The van der Waals surface area contributed by atoms with Crippen LogP contribution < -0.4 is 20.9 Å². The average Bonchev–Trinajstić information content (AvgIpc) is 2.89. The Labute approximate surface area is 203 Å². The highest BCUT2D eigenvalue weighted by Gasteiger charge is 2.13. The zero-order valence-electron chi connectivity index (χ0n) is 19.4. The molecule has 0 aliphatic carbocycles. The molecule has 0 radical (unpaired) electrons. The highest BCUT2D eigenvalue weighted by molar-refractivity contribution is 5.92. The Morgan fingerprint density at radius 2 is 1.71 bits per heavy atom. The van der Waals surface area contributed by atoms with Gasteiger partial charge in [0.1, 0.15) is 6.04 Å². The van der Waals surface area contributed by atoms with Gasteiger partial charge in [-0.25, -0.2) is 9.97 Å². The third kappa shape index (κ3) is 6.75. The van der Waals surface area contributed by atoms with E-state index in [9.17, 15) is 9.59 Å². The van der Waals surface area contributed by atoms with Crippen LogP contribution >= 0.6 is 0 Å². The number of carbonyl (C=O) groups excluding carboxylic acids is 1. The zero-order valence-corrected chi connectivity index (χ0v) is 19.4. The monoisotopic (exact) mass is 476 g/mol. The van der Waals surface area contributed by atoms with E-state index in [1.165, 1.54) is 6.92 Å². The zero-order chi connectivity index (χ0) is 24.6. The van der Waals surface area contributed by atoms with Gasteiger partial charge in [-0.2, -0.15) is 0 Å². The van der Waals surface area contributed by atoms with Crippen LogP contribution in [-0.2, 0) is 14.3 Å². The largest absolute Gasteiger partial charge is 0.480 e. The summed E-state index contributed by atoms with van der Waals surface area (Å²) in [6.45, 7) is 4.66. The van der Waals surface area contributed by atoms with Crippen molar-refractivity contribution < 1.29 is 19.4 Å². The van der Waals surface area contributed by atoms with Gasteiger partial charge in [0, 0.05) is 41.9 Å². The first-order chi connectivity index (χ1) is 17.0. The summed E-state index contributed by atoms with van der Waals surface area (Å²) in [5, 5.41) is 17.5. The van der Waals surface area contributed by atoms with Gasteiger partial charge in [-0.3, -0.25) is 14.9 Å². The molecular weight excluding hydrogens is 448 g/mol. The number of hydrogen-bond donors (Lipinski definition) is 4. The van der Waals surface area contributed by atoms with Gasteiger partial charge < -0.3 is 25.4 Å². The Kier molecular flexibility index (Phi) is 7.86. The second-order valence-corrected chi connectivity index (χ2v) is 8.10. The fourth-order valence-corrected chi connectivity index (χ4v) is 3.55. The van der Waals surface area contributed by atoms with Crippen LogP contribution in [-0.4, -0.2) is 65.8 Å². The molecule has 0 saturated carbocycles. The van der Waals surface area contributed by atoms with Gasteiger partial charge in [-0.15, -0.1) is 0 Å². The normalized spacial score (nSPS) is 14.3. The predicted octanol–water partition coefficient (Wildman–Crippen LogP) is 2.73. The van der Waals surface area contributed by atoms with Crippen molar-refractivity contribution in [2.75, 3.05) is 48.4 Å². The maximum Gasteiger partial charge on any atom is 0.320 e. The molecule has 1 fully saturated rings. The average molecular weight is 477 g/mol. The molecule has 4 rings (SSSR count). The number of aliphatic carboxylic acids is 1. The first-order valence-electron chi connectivity index (χ1n) is 11.4. The number of hydrogen-bond acceptors (Lipinski definition) is 8. The summed E-state index contributed by atoms with van der Waals surface area (Å²) in [7, 11) is 0. The SMILES string of the molecule is CC(NCC(=O)Nc1ccc(-c2ccnc(Nc3ccc(N4CCOCC4)cc3)n2)cc1)C(=O)O. The smallest absolute Gasteiger partial charge is 0.320 e. The molecule has 0 spiro atoms. The standard InChI is InChI=1S/C25H28N6O4/c1-17(24(33)34)27-16-23(32)28-19-4-2-18(3-5-19)22-10-11-26-25(30-22)29-20-6-8-21(9-7-20)31-12-14-35-15-13-31/h2-11,17,27H,12-16H2,1H3,(H,28,32)(H,33,34)(H,26,29,30). The number of benzene rings is 2. The van der Waals surface area contributed by atoms with Crippen molar-refractivity contribution in [2.24, 2.45) is 0 Å². The van der Waals surface area contributed by atoms with Crippen molar-refractivity contribution in [3.8, 4) is 11.3 Å². The van der Waals surface area contributed by atoms with Crippen molar-refractivity contribution in [1.82, 2.24) is 15.3 Å². The molecule has 3 aromatic rings. The molecule has 1 aromatic heterocycles. The van der Waals surface area contributed by atoms with Gasteiger partial charge in [0.15, 0.2) is 0 Å². The van der Waals surface area contributed by atoms with E-state index in [0.717, 1.165) is 48.9 Å². The lowest BCUT2D eigenvalue weighted by atomic mass is 10.1. The lowest BCUT2D eigenvalue weighted by molar-refractivity contribution is -0.139. The van der Waals surface area contributed by atoms with E-state index in [1.54, 1.807) is 18.3 Å². The van der Waals surface area contributed by atoms with Crippen molar-refractivity contribution in [1.29, 1.82) is 0 Å². The molecule has 1 unspecified atom stereocenters. The number of carbonyl (C=O) groups is 2. The molecule has 1 amide bonds. The van der Waals surface area contributed by atoms with Crippen LogP contribution in [0.25, 0.3) is 11.3 Å². The van der Waals surface area contributed by atoms with Gasteiger partial charge in [0.25, 0.3) is 0 Å².